The molecule has 1 N–H and O–H groups in total. The number of benzene rings is 1. The highest BCUT2D eigenvalue weighted by Gasteiger charge is 2.20. The molecule has 0 saturated carbocycles. The second-order valence-corrected chi connectivity index (χ2v) is 5.99. The zero-order valence-electron chi connectivity index (χ0n) is 12.2. The summed E-state index contributed by atoms with van der Waals surface area (Å²) in [4.78, 5) is 2.24. The molecule has 21 heavy (non-hydrogen) atoms. The fourth-order valence-corrected chi connectivity index (χ4v) is 3.08. The predicted octanol–water partition coefficient (Wildman–Crippen LogP) is 1.63. The Morgan fingerprint density at radius 2 is 2.33 bits per heavy atom. The van der Waals surface area contributed by atoms with E-state index in [-0.39, 0.29) is 6.10 Å². The first kappa shape index (κ1) is 15.1. The largest absolute Gasteiger partial charge is 0.467 e. The maximum atomic E-state index is 6.19. The van der Waals surface area contributed by atoms with Crippen LogP contribution in [0.3, 0.4) is 0 Å². The molecular weight excluding hydrogens is 292 g/mol. The van der Waals surface area contributed by atoms with Crippen molar-refractivity contribution in [2.45, 2.75) is 19.3 Å². The zero-order valence-corrected chi connectivity index (χ0v) is 13.0. The molecule has 1 aromatic carbocycles. The molecule has 5 nitrogen and oxygen atoms in total. The summed E-state index contributed by atoms with van der Waals surface area (Å²) in [5.74, 6) is 0.917. The minimum Gasteiger partial charge on any atom is -0.467 e. The van der Waals surface area contributed by atoms with Crippen LogP contribution in [0.25, 0.3) is 0 Å². The normalized spacial score (nSPS) is 22.0. The average Bonchev–Trinajstić information content (AvgIpc) is 2.48. The van der Waals surface area contributed by atoms with Gasteiger partial charge in [0.2, 0.25) is 0 Å². The smallest absolute Gasteiger partial charge is 0.189 e. The summed E-state index contributed by atoms with van der Waals surface area (Å²) in [6.45, 7) is 5.15. The van der Waals surface area contributed by atoms with Gasteiger partial charge < -0.3 is 19.5 Å². The average molecular weight is 313 g/mol. The molecule has 2 aliphatic heterocycles. The van der Waals surface area contributed by atoms with Crippen LogP contribution in [0.1, 0.15) is 11.1 Å². The van der Waals surface area contributed by atoms with Crippen molar-refractivity contribution in [3.8, 4) is 5.75 Å². The lowest BCUT2D eigenvalue weighted by molar-refractivity contribution is -0.0180. The van der Waals surface area contributed by atoms with Gasteiger partial charge >= 0.3 is 0 Å². The number of likely N-dealkylation sites (N-methyl/N-ethyl adjacent to an activating group) is 1. The Bertz CT molecular complexity index is 492. The summed E-state index contributed by atoms with van der Waals surface area (Å²) >= 11 is 6.19. The molecule has 1 atom stereocenters. The molecule has 1 saturated heterocycles. The van der Waals surface area contributed by atoms with E-state index in [4.69, 9.17) is 25.8 Å². The first-order valence-electron chi connectivity index (χ1n) is 7.25. The summed E-state index contributed by atoms with van der Waals surface area (Å²) < 4.78 is 16.7. The number of hydrogen-bond acceptors (Lipinski definition) is 5. The third-order valence-corrected chi connectivity index (χ3v) is 3.93. The van der Waals surface area contributed by atoms with Crippen LogP contribution in [0.5, 0.6) is 5.75 Å². The van der Waals surface area contributed by atoms with Crippen molar-refractivity contribution in [2.75, 3.05) is 40.1 Å². The van der Waals surface area contributed by atoms with Crippen molar-refractivity contribution in [3.05, 3.63) is 28.3 Å². The lowest BCUT2D eigenvalue weighted by atomic mass is 10.1. The Morgan fingerprint density at radius 3 is 3.14 bits per heavy atom. The van der Waals surface area contributed by atoms with Crippen molar-refractivity contribution in [1.82, 2.24) is 10.2 Å². The van der Waals surface area contributed by atoms with Crippen LogP contribution in [-0.4, -0.2) is 51.1 Å². The number of nitrogens with zero attached hydrogens (tertiary/aromatic N) is 1. The number of nitrogens with one attached hydrogen (secondary N) is 1. The van der Waals surface area contributed by atoms with Crippen LogP contribution in [0.2, 0.25) is 5.02 Å². The standard InChI is InChI=1S/C15H21ClN2O3/c1-18(8-14-6-17-2-3-20-14)7-11-4-13(16)5-12-9-19-10-21-15(11)12/h4-5,14,17H,2-3,6-10H2,1H3. The van der Waals surface area contributed by atoms with Crippen molar-refractivity contribution in [1.29, 1.82) is 0 Å². The SMILES string of the molecule is CN(Cc1cc(Cl)cc2c1OCOC2)CC1CNCCO1. The second-order valence-electron chi connectivity index (χ2n) is 5.56. The van der Waals surface area contributed by atoms with Crippen molar-refractivity contribution >= 4 is 11.6 Å². The Balaban J connectivity index is 1.67. The van der Waals surface area contributed by atoms with E-state index in [0.29, 0.717) is 13.4 Å². The molecule has 0 radical (unpaired) electrons. The molecule has 0 amide bonds. The Hall–Kier alpha value is -0.850. The summed E-state index contributed by atoms with van der Waals surface area (Å²) in [6, 6.07) is 3.88. The van der Waals surface area contributed by atoms with Crippen LogP contribution < -0.4 is 10.1 Å². The van der Waals surface area contributed by atoms with Crippen molar-refractivity contribution in [2.24, 2.45) is 0 Å². The molecule has 116 valence electrons. The fourth-order valence-electron chi connectivity index (χ4n) is 2.81. The van der Waals surface area contributed by atoms with Crippen LogP contribution in [0, 0.1) is 0 Å². The first-order valence-corrected chi connectivity index (χ1v) is 7.63. The van der Waals surface area contributed by atoms with Gasteiger partial charge in [-0.1, -0.05) is 11.6 Å². The minimum atomic E-state index is 0.239. The van der Waals surface area contributed by atoms with E-state index in [2.05, 4.69) is 17.3 Å². The predicted molar refractivity (Wildman–Crippen MR) is 80.7 cm³/mol. The van der Waals surface area contributed by atoms with E-state index in [1.54, 1.807) is 0 Å². The molecule has 3 rings (SSSR count). The van der Waals surface area contributed by atoms with E-state index in [1.165, 1.54) is 0 Å². The Labute approximate surface area is 130 Å². The number of halogens is 1. The van der Waals surface area contributed by atoms with E-state index in [1.807, 2.05) is 12.1 Å². The number of rotatable bonds is 4. The van der Waals surface area contributed by atoms with Gasteiger partial charge in [0.25, 0.3) is 0 Å². The van der Waals surface area contributed by atoms with Crippen molar-refractivity contribution in [3.63, 3.8) is 0 Å². The topological polar surface area (TPSA) is 43.0 Å². The van der Waals surface area contributed by atoms with E-state index in [9.17, 15) is 0 Å². The molecule has 0 spiro atoms. The molecule has 0 bridgehead atoms. The highest BCUT2D eigenvalue weighted by atomic mass is 35.5. The number of hydrogen-bond donors (Lipinski definition) is 1. The number of ether oxygens (including phenoxy) is 3. The van der Waals surface area contributed by atoms with Gasteiger partial charge in [0.15, 0.2) is 6.79 Å². The van der Waals surface area contributed by atoms with Gasteiger partial charge in [-0.15, -0.1) is 0 Å². The fraction of sp³-hybridized carbons (Fsp3) is 0.600. The van der Waals surface area contributed by atoms with Gasteiger partial charge in [-0.05, 0) is 19.2 Å². The van der Waals surface area contributed by atoms with Crippen molar-refractivity contribution < 1.29 is 14.2 Å². The third-order valence-electron chi connectivity index (χ3n) is 3.71. The first-order chi connectivity index (χ1) is 10.2. The van der Waals surface area contributed by atoms with Crippen LogP contribution in [0.4, 0.5) is 0 Å². The van der Waals surface area contributed by atoms with Crippen LogP contribution in [0.15, 0.2) is 12.1 Å². The van der Waals surface area contributed by atoms with Gasteiger partial charge in [-0.3, -0.25) is 4.90 Å². The van der Waals surface area contributed by atoms with Crippen LogP contribution in [-0.2, 0) is 22.6 Å². The minimum absolute atomic E-state index is 0.239. The molecule has 1 aromatic rings. The molecule has 0 aliphatic carbocycles. The summed E-state index contributed by atoms with van der Waals surface area (Å²) in [6.07, 6.45) is 0.239. The van der Waals surface area contributed by atoms with Gasteiger partial charge in [0.05, 0.1) is 19.3 Å². The molecule has 2 aliphatic rings. The monoisotopic (exact) mass is 312 g/mol. The number of morpholine rings is 1. The summed E-state index contributed by atoms with van der Waals surface area (Å²) in [5, 5.41) is 4.07. The van der Waals surface area contributed by atoms with E-state index >= 15 is 0 Å². The Morgan fingerprint density at radius 1 is 1.43 bits per heavy atom. The van der Waals surface area contributed by atoms with Gasteiger partial charge in [0, 0.05) is 42.3 Å². The lowest BCUT2D eigenvalue weighted by Crippen LogP contribution is -2.44. The lowest BCUT2D eigenvalue weighted by Gasteiger charge is -2.29. The van der Waals surface area contributed by atoms with Crippen LogP contribution >= 0.6 is 11.6 Å². The highest BCUT2D eigenvalue weighted by molar-refractivity contribution is 6.30. The van der Waals surface area contributed by atoms with E-state index < -0.39 is 0 Å². The quantitative estimate of drug-likeness (QED) is 0.915. The maximum Gasteiger partial charge on any atom is 0.189 e. The van der Waals surface area contributed by atoms with E-state index in [0.717, 1.165) is 54.7 Å². The summed E-state index contributed by atoms with van der Waals surface area (Å²) in [5.41, 5.74) is 2.12. The third kappa shape index (κ3) is 3.87. The Kier molecular flexibility index (Phi) is 4.98. The number of fused-ring (bicyclic) bond motifs is 1. The highest BCUT2D eigenvalue weighted by Crippen LogP contribution is 2.32. The molecule has 0 aromatic heterocycles. The van der Waals surface area contributed by atoms with Gasteiger partial charge in [0.1, 0.15) is 5.75 Å². The molecule has 1 unspecified atom stereocenters. The molecule has 1 fully saturated rings. The molecule has 2 heterocycles. The molecular formula is C15H21ClN2O3. The van der Waals surface area contributed by atoms with Gasteiger partial charge in [-0.2, -0.15) is 0 Å². The zero-order chi connectivity index (χ0) is 14.7. The van der Waals surface area contributed by atoms with Gasteiger partial charge in [-0.25, -0.2) is 0 Å². The molecule has 6 heteroatoms. The summed E-state index contributed by atoms with van der Waals surface area (Å²) in [7, 11) is 2.09. The second kappa shape index (κ2) is 6.94. The maximum absolute atomic E-state index is 6.19.